The van der Waals surface area contributed by atoms with Crippen molar-refractivity contribution in [2.75, 3.05) is 20.2 Å². The molecule has 106 valence electrons. The van der Waals surface area contributed by atoms with Crippen molar-refractivity contribution in [2.45, 2.75) is 27.3 Å². The van der Waals surface area contributed by atoms with Gasteiger partial charge in [-0.1, -0.05) is 31.5 Å². The van der Waals surface area contributed by atoms with E-state index in [2.05, 4.69) is 30.5 Å². The SMILES string of the molecule is CNCc1cc(C)ccc1OCC(=O)NCC(C)C. The second kappa shape index (κ2) is 7.79. The Morgan fingerprint density at radius 1 is 1.37 bits per heavy atom. The molecule has 0 aromatic heterocycles. The molecule has 1 rings (SSSR count). The van der Waals surface area contributed by atoms with Crippen molar-refractivity contribution in [2.24, 2.45) is 5.92 Å². The standard InChI is InChI=1S/C15H24N2O2/c1-11(2)8-17-15(18)10-19-14-6-5-12(3)7-13(14)9-16-4/h5-7,11,16H,8-10H2,1-4H3,(H,17,18). The Labute approximate surface area is 115 Å². The Kier molecular flexibility index (Phi) is 6.36. The van der Waals surface area contributed by atoms with Crippen molar-refractivity contribution < 1.29 is 9.53 Å². The fraction of sp³-hybridized carbons (Fsp3) is 0.533. The lowest BCUT2D eigenvalue weighted by molar-refractivity contribution is -0.123. The predicted octanol–water partition coefficient (Wildman–Crippen LogP) is 1.87. The summed E-state index contributed by atoms with van der Waals surface area (Å²) in [6.45, 7) is 7.63. The normalized spacial score (nSPS) is 10.6. The zero-order valence-corrected chi connectivity index (χ0v) is 12.2. The van der Waals surface area contributed by atoms with Crippen molar-refractivity contribution in [3.63, 3.8) is 0 Å². The molecule has 0 unspecified atom stereocenters. The van der Waals surface area contributed by atoms with E-state index < -0.39 is 0 Å². The van der Waals surface area contributed by atoms with Gasteiger partial charge >= 0.3 is 0 Å². The van der Waals surface area contributed by atoms with Gasteiger partial charge in [-0.25, -0.2) is 0 Å². The molecule has 0 radical (unpaired) electrons. The van der Waals surface area contributed by atoms with Crippen LogP contribution < -0.4 is 15.4 Å². The van der Waals surface area contributed by atoms with Gasteiger partial charge in [0.25, 0.3) is 5.91 Å². The third-order valence-electron chi connectivity index (χ3n) is 2.65. The van der Waals surface area contributed by atoms with E-state index in [4.69, 9.17) is 4.74 Å². The van der Waals surface area contributed by atoms with E-state index in [1.54, 1.807) is 0 Å². The summed E-state index contributed by atoms with van der Waals surface area (Å²) in [6.07, 6.45) is 0. The predicted molar refractivity (Wildman–Crippen MR) is 77.3 cm³/mol. The summed E-state index contributed by atoms with van der Waals surface area (Å²) in [6, 6.07) is 5.97. The number of ether oxygens (including phenoxy) is 1. The van der Waals surface area contributed by atoms with Crippen LogP contribution in [0.15, 0.2) is 18.2 Å². The van der Waals surface area contributed by atoms with Gasteiger partial charge in [0.2, 0.25) is 0 Å². The van der Waals surface area contributed by atoms with E-state index in [9.17, 15) is 4.79 Å². The maximum atomic E-state index is 11.6. The highest BCUT2D eigenvalue weighted by Crippen LogP contribution is 2.19. The van der Waals surface area contributed by atoms with Gasteiger partial charge < -0.3 is 15.4 Å². The number of hydrogen-bond donors (Lipinski definition) is 2. The van der Waals surface area contributed by atoms with E-state index in [0.717, 1.165) is 17.9 Å². The van der Waals surface area contributed by atoms with Gasteiger partial charge in [0.05, 0.1) is 0 Å². The Morgan fingerprint density at radius 2 is 2.11 bits per heavy atom. The third kappa shape index (κ3) is 5.75. The van der Waals surface area contributed by atoms with Gasteiger partial charge in [0, 0.05) is 18.7 Å². The Morgan fingerprint density at radius 3 is 2.74 bits per heavy atom. The quantitative estimate of drug-likeness (QED) is 0.790. The first kappa shape index (κ1) is 15.5. The lowest BCUT2D eigenvalue weighted by Crippen LogP contribution is -2.31. The van der Waals surface area contributed by atoms with Crippen LogP contribution in [0.5, 0.6) is 5.75 Å². The molecule has 0 bridgehead atoms. The van der Waals surface area contributed by atoms with Gasteiger partial charge in [-0.3, -0.25) is 4.79 Å². The summed E-state index contributed by atoms with van der Waals surface area (Å²) in [5.74, 6) is 1.13. The number of hydrogen-bond acceptors (Lipinski definition) is 3. The molecule has 0 spiro atoms. The zero-order chi connectivity index (χ0) is 14.3. The van der Waals surface area contributed by atoms with Crippen molar-refractivity contribution >= 4 is 5.91 Å². The molecule has 0 aliphatic carbocycles. The highest BCUT2D eigenvalue weighted by molar-refractivity contribution is 5.77. The summed E-state index contributed by atoms with van der Waals surface area (Å²) in [7, 11) is 1.89. The van der Waals surface area contributed by atoms with E-state index in [0.29, 0.717) is 12.5 Å². The van der Waals surface area contributed by atoms with Crippen molar-refractivity contribution in [1.29, 1.82) is 0 Å². The van der Waals surface area contributed by atoms with E-state index in [1.807, 2.05) is 26.1 Å². The third-order valence-corrected chi connectivity index (χ3v) is 2.65. The molecule has 4 heteroatoms. The molecule has 0 fully saturated rings. The molecule has 1 aromatic carbocycles. The minimum absolute atomic E-state index is 0.0620. The highest BCUT2D eigenvalue weighted by Gasteiger charge is 2.07. The maximum absolute atomic E-state index is 11.6. The number of nitrogens with one attached hydrogen (secondary N) is 2. The lowest BCUT2D eigenvalue weighted by atomic mass is 10.1. The molecule has 0 saturated heterocycles. The van der Waals surface area contributed by atoms with Crippen LogP contribution in [0.4, 0.5) is 0 Å². The average Bonchev–Trinajstić information content (AvgIpc) is 2.35. The molecular weight excluding hydrogens is 240 g/mol. The molecule has 0 atom stereocenters. The molecule has 19 heavy (non-hydrogen) atoms. The van der Waals surface area contributed by atoms with Crippen LogP contribution in [0.25, 0.3) is 0 Å². The second-order valence-corrected chi connectivity index (χ2v) is 5.13. The molecule has 0 aliphatic heterocycles. The van der Waals surface area contributed by atoms with Crippen LogP contribution in [0.3, 0.4) is 0 Å². The van der Waals surface area contributed by atoms with Gasteiger partial charge in [0.15, 0.2) is 6.61 Å². The zero-order valence-electron chi connectivity index (χ0n) is 12.2. The minimum Gasteiger partial charge on any atom is -0.483 e. The van der Waals surface area contributed by atoms with E-state index in [1.165, 1.54) is 5.56 Å². The van der Waals surface area contributed by atoms with E-state index >= 15 is 0 Å². The van der Waals surface area contributed by atoms with Crippen molar-refractivity contribution in [3.8, 4) is 5.75 Å². The van der Waals surface area contributed by atoms with Gasteiger partial charge in [-0.2, -0.15) is 0 Å². The second-order valence-electron chi connectivity index (χ2n) is 5.13. The fourth-order valence-corrected chi connectivity index (χ4v) is 1.69. The van der Waals surface area contributed by atoms with Crippen molar-refractivity contribution in [3.05, 3.63) is 29.3 Å². The van der Waals surface area contributed by atoms with Crippen LogP contribution in [0.2, 0.25) is 0 Å². The van der Waals surface area contributed by atoms with Crippen LogP contribution in [-0.4, -0.2) is 26.1 Å². The van der Waals surface area contributed by atoms with Crippen LogP contribution >= 0.6 is 0 Å². The summed E-state index contributed by atoms with van der Waals surface area (Å²) in [4.78, 5) is 11.6. The first-order chi connectivity index (χ1) is 9.02. The topological polar surface area (TPSA) is 50.4 Å². The van der Waals surface area contributed by atoms with Gasteiger partial charge in [0.1, 0.15) is 5.75 Å². The smallest absolute Gasteiger partial charge is 0.257 e. The Hall–Kier alpha value is -1.55. The highest BCUT2D eigenvalue weighted by atomic mass is 16.5. The number of amides is 1. The summed E-state index contributed by atoms with van der Waals surface area (Å²) < 4.78 is 5.59. The Balaban J connectivity index is 2.54. The van der Waals surface area contributed by atoms with Crippen LogP contribution in [-0.2, 0) is 11.3 Å². The minimum atomic E-state index is -0.0790. The van der Waals surface area contributed by atoms with Crippen LogP contribution in [0.1, 0.15) is 25.0 Å². The monoisotopic (exact) mass is 264 g/mol. The molecule has 1 aromatic rings. The summed E-state index contributed by atoms with van der Waals surface area (Å²) in [5, 5.41) is 5.93. The number of carbonyl (C=O) groups excluding carboxylic acids is 1. The van der Waals surface area contributed by atoms with Gasteiger partial charge in [-0.05, 0) is 26.0 Å². The molecule has 1 amide bonds. The summed E-state index contributed by atoms with van der Waals surface area (Å²) >= 11 is 0. The van der Waals surface area contributed by atoms with Crippen molar-refractivity contribution in [1.82, 2.24) is 10.6 Å². The average molecular weight is 264 g/mol. The van der Waals surface area contributed by atoms with Gasteiger partial charge in [-0.15, -0.1) is 0 Å². The number of carbonyl (C=O) groups is 1. The van der Waals surface area contributed by atoms with E-state index in [-0.39, 0.29) is 12.5 Å². The Bertz CT molecular complexity index is 417. The number of benzene rings is 1. The molecular formula is C15H24N2O2. The number of rotatable bonds is 7. The first-order valence-corrected chi connectivity index (χ1v) is 6.66. The van der Waals surface area contributed by atoms with Crippen LogP contribution in [0, 0.1) is 12.8 Å². The molecule has 4 nitrogen and oxygen atoms in total. The largest absolute Gasteiger partial charge is 0.483 e. The summed E-state index contributed by atoms with van der Waals surface area (Å²) in [5.41, 5.74) is 2.25. The molecule has 0 aliphatic rings. The lowest BCUT2D eigenvalue weighted by Gasteiger charge is -2.13. The fourth-order valence-electron chi connectivity index (χ4n) is 1.69. The molecule has 2 N–H and O–H groups in total. The number of aryl methyl sites for hydroxylation is 1. The molecule has 0 heterocycles. The first-order valence-electron chi connectivity index (χ1n) is 6.66. The maximum Gasteiger partial charge on any atom is 0.257 e. The molecule has 0 saturated carbocycles.